The summed E-state index contributed by atoms with van der Waals surface area (Å²) in [4.78, 5) is 33.4. The molecule has 0 unspecified atom stereocenters. The molecule has 6 nitrogen and oxygen atoms in total. The number of carbonyl (C=O) groups excluding carboxylic acids is 1. The Kier molecular flexibility index (Phi) is 5.32. The fourth-order valence-electron chi connectivity index (χ4n) is 2.89. The van der Waals surface area contributed by atoms with E-state index >= 15 is 0 Å². The Morgan fingerprint density at radius 3 is 2.96 bits per heavy atom. The molecule has 3 heterocycles. The molecule has 0 saturated heterocycles. The van der Waals surface area contributed by atoms with E-state index in [0.717, 1.165) is 22.8 Å². The molecule has 2 aromatic heterocycles. The molecule has 0 spiro atoms. The highest BCUT2D eigenvalue weighted by molar-refractivity contribution is 7.98. The molecule has 1 amide bonds. The average molecular weight is 361 g/mol. The van der Waals surface area contributed by atoms with Crippen molar-refractivity contribution in [1.82, 2.24) is 14.9 Å². The molecule has 0 atom stereocenters. The molecule has 2 aromatic rings. The SMILES string of the molecule is CCCCSCc1cc(C(=O)N2Cc3nc(C)[nH]c(=O)c3C2)oc1C. The number of aryl methyl sites for hydroxylation is 2. The summed E-state index contributed by atoms with van der Waals surface area (Å²) in [7, 11) is 0. The van der Waals surface area contributed by atoms with Crippen molar-refractivity contribution in [1.29, 1.82) is 0 Å². The van der Waals surface area contributed by atoms with Crippen molar-refractivity contribution in [2.75, 3.05) is 5.75 Å². The predicted octanol–water partition coefficient (Wildman–Crippen LogP) is 3.17. The first-order valence-corrected chi connectivity index (χ1v) is 9.70. The molecule has 1 aliphatic rings. The maximum atomic E-state index is 12.7. The van der Waals surface area contributed by atoms with Crippen LogP contribution in [0, 0.1) is 13.8 Å². The molecule has 0 aliphatic carbocycles. The van der Waals surface area contributed by atoms with Crippen molar-refractivity contribution in [2.24, 2.45) is 0 Å². The second-order valence-corrected chi connectivity index (χ2v) is 7.44. The summed E-state index contributed by atoms with van der Waals surface area (Å²) in [5.41, 5.74) is 2.14. The Morgan fingerprint density at radius 1 is 1.40 bits per heavy atom. The minimum atomic E-state index is -0.192. The fourth-order valence-corrected chi connectivity index (χ4v) is 4.03. The van der Waals surface area contributed by atoms with Gasteiger partial charge in [-0.3, -0.25) is 9.59 Å². The van der Waals surface area contributed by atoms with Gasteiger partial charge in [0.15, 0.2) is 5.76 Å². The zero-order valence-corrected chi connectivity index (χ0v) is 15.7. The molecular weight excluding hydrogens is 338 g/mol. The number of nitrogens with zero attached hydrogens (tertiary/aromatic N) is 2. The highest BCUT2D eigenvalue weighted by Gasteiger charge is 2.29. The van der Waals surface area contributed by atoms with Crippen molar-refractivity contribution < 1.29 is 9.21 Å². The Bertz CT molecular complexity index is 841. The number of carbonyl (C=O) groups is 1. The zero-order valence-electron chi connectivity index (χ0n) is 14.8. The lowest BCUT2D eigenvalue weighted by Crippen LogP contribution is -2.25. The van der Waals surface area contributed by atoms with Gasteiger partial charge in [-0.25, -0.2) is 4.98 Å². The van der Waals surface area contributed by atoms with Gasteiger partial charge in [0, 0.05) is 11.3 Å². The van der Waals surface area contributed by atoms with Gasteiger partial charge in [-0.15, -0.1) is 0 Å². The molecule has 0 bridgehead atoms. The topological polar surface area (TPSA) is 79.2 Å². The molecule has 3 rings (SSSR count). The minimum Gasteiger partial charge on any atom is -0.456 e. The first kappa shape index (κ1) is 17.8. The van der Waals surface area contributed by atoms with Crippen LogP contribution in [0.15, 0.2) is 15.3 Å². The molecule has 7 heteroatoms. The third-order valence-corrected chi connectivity index (χ3v) is 5.42. The van der Waals surface area contributed by atoms with E-state index in [1.54, 1.807) is 11.8 Å². The average Bonchev–Trinajstić information content (AvgIpc) is 3.15. The number of thioether (sulfide) groups is 1. The van der Waals surface area contributed by atoms with Gasteiger partial charge in [0.1, 0.15) is 11.6 Å². The van der Waals surface area contributed by atoms with Gasteiger partial charge in [0.05, 0.1) is 24.3 Å². The van der Waals surface area contributed by atoms with Crippen molar-refractivity contribution in [3.8, 4) is 0 Å². The number of aromatic nitrogens is 2. The van der Waals surface area contributed by atoms with Gasteiger partial charge in [-0.05, 0) is 32.1 Å². The normalized spacial score (nSPS) is 13.3. The van der Waals surface area contributed by atoms with E-state index in [0.29, 0.717) is 29.4 Å². The molecule has 1 aliphatic heterocycles. The van der Waals surface area contributed by atoms with Crippen molar-refractivity contribution in [2.45, 2.75) is 52.5 Å². The van der Waals surface area contributed by atoms with E-state index in [1.165, 1.54) is 12.8 Å². The maximum absolute atomic E-state index is 12.7. The smallest absolute Gasteiger partial charge is 0.290 e. The molecule has 134 valence electrons. The number of hydrogen-bond donors (Lipinski definition) is 1. The number of nitrogens with one attached hydrogen (secondary N) is 1. The van der Waals surface area contributed by atoms with Gasteiger partial charge < -0.3 is 14.3 Å². The second kappa shape index (κ2) is 7.47. The van der Waals surface area contributed by atoms with Crippen LogP contribution in [0.2, 0.25) is 0 Å². The third-order valence-electron chi connectivity index (χ3n) is 4.33. The zero-order chi connectivity index (χ0) is 18.0. The number of amides is 1. The van der Waals surface area contributed by atoms with Gasteiger partial charge in [0.25, 0.3) is 11.5 Å². The quantitative estimate of drug-likeness (QED) is 0.800. The number of hydrogen-bond acceptors (Lipinski definition) is 5. The summed E-state index contributed by atoms with van der Waals surface area (Å²) in [5, 5.41) is 0. The van der Waals surface area contributed by atoms with Crippen LogP contribution in [0.5, 0.6) is 0 Å². The van der Waals surface area contributed by atoms with Gasteiger partial charge in [-0.2, -0.15) is 11.8 Å². The molecule has 0 aromatic carbocycles. The van der Waals surface area contributed by atoms with Crippen LogP contribution in [0.3, 0.4) is 0 Å². The number of furan rings is 1. The standard InChI is InChI=1S/C18H23N3O3S/c1-4-5-6-25-10-13-7-16(24-11(13)2)18(23)21-8-14-15(9-21)19-12(3)20-17(14)22/h7H,4-6,8-10H2,1-3H3,(H,19,20,22). The molecule has 0 radical (unpaired) electrons. The van der Waals surface area contributed by atoms with Crippen LogP contribution in [-0.2, 0) is 18.8 Å². The van der Waals surface area contributed by atoms with E-state index in [2.05, 4.69) is 16.9 Å². The highest BCUT2D eigenvalue weighted by Crippen LogP contribution is 2.25. The van der Waals surface area contributed by atoms with Crippen molar-refractivity contribution in [3.63, 3.8) is 0 Å². The van der Waals surface area contributed by atoms with Gasteiger partial charge >= 0.3 is 0 Å². The van der Waals surface area contributed by atoms with Crippen LogP contribution in [-0.4, -0.2) is 26.5 Å². The molecular formula is C18H23N3O3S. The van der Waals surface area contributed by atoms with E-state index < -0.39 is 0 Å². The van der Waals surface area contributed by atoms with Crippen LogP contribution in [0.4, 0.5) is 0 Å². The summed E-state index contributed by atoms with van der Waals surface area (Å²) >= 11 is 1.86. The van der Waals surface area contributed by atoms with E-state index in [4.69, 9.17) is 4.42 Å². The number of rotatable bonds is 6. The van der Waals surface area contributed by atoms with Crippen LogP contribution in [0.25, 0.3) is 0 Å². The van der Waals surface area contributed by atoms with Crippen molar-refractivity contribution in [3.05, 3.63) is 50.6 Å². The summed E-state index contributed by atoms with van der Waals surface area (Å²) in [5.74, 6) is 3.46. The Hall–Kier alpha value is -2.02. The maximum Gasteiger partial charge on any atom is 0.290 e. The lowest BCUT2D eigenvalue weighted by molar-refractivity contribution is 0.0716. The number of aromatic amines is 1. The summed E-state index contributed by atoms with van der Waals surface area (Å²) in [6.45, 7) is 6.43. The van der Waals surface area contributed by atoms with Crippen molar-refractivity contribution >= 4 is 17.7 Å². The minimum absolute atomic E-state index is 0.165. The monoisotopic (exact) mass is 361 g/mol. The van der Waals surface area contributed by atoms with Gasteiger partial charge in [-0.1, -0.05) is 13.3 Å². The van der Waals surface area contributed by atoms with E-state index in [-0.39, 0.29) is 18.0 Å². The number of H-pyrrole nitrogens is 1. The van der Waals surface area contributed by atoms with E-state index in [9.17, 15) is 9.59 Å². The number of fused-ring (bicyclic) bond motifs is 1. The molecule has 1 N–H and O–H groups in total. The van der Waals surface area contributed by atoms with E-state index in [1.807, 2.05) is 24.8 Å². The number of unbranched alkanes of at least 4 members (excludes halogenated alkanes) is 1. The third kappa shape index (κ3) is 3.81. The fraction of sp³-hybridized carbons (Fsp3) is 0.500. The summed E-state index contributed by atoms with van der Waals surface area (Å²) in [6.07, 6.45) is 2.38. The van der Waals surface area contributed by atoms with Gasteiger partial charge in [0.2, 0.25) is 0 Å². The Morgan fingerprint density at radius 2 is 2.20 bits per heavy atom. The van der Waals surface area contributed by atoms with Crippen LogP contribution < -0.4 is 5.56 Å². The molecule has 0 saturated carbocycles. The van der Waals surface area contributed by atoms with Crippen LogP contribution >= 0.6 is 11.8 Å². The predicted molar refractivity (Wildman–Crippen MR) is 97.7 cm³/mol. The highest BCUT2D eigenvalue weighted by atomic mass is 32.2. The first-order valence-electron chi connectivity index (χ1n) is 8.54. The Labute approximate surface area is 151 Å². The molecule has 25 heavy (non-hydrogen) atoms. The largest absolute Gasteiger partial charge is 0.456 e. The second-order valence-electron chi connectivity index (χ2n) is 6.34. The lowest BCUT2D eigenvalue weighted by atomic mass is 10.2. The first-order chi connectivity index (χ1) is 12.0. The summed E-state index contributed by atoms with van der Waals surface area (Å²) in [6, 6.07) is 1.84. The summed E-state index contributed by atoms with van der Waals surface area (Å²) < 4.78 is 5.69. The van der Waals surface area contributed by atoms with Crippen LogP contribution in [0.1, 0.15) is 58.7 Å². The lowest BCUT2D eigenvalue weighted by Gasteiger charge is -2.12. The molecule has 0 fully saturated rings. The Balaban J connectivity index is 1.70.